The molecular weight excluding hydrogens is 624 g/mol. The molecule has 3 fully saturated rings. The molecule has 0 aliphatic carbocycles. The van der Waals surface area contributed by atoms with Crippen molar-refractivity contribution < 1.29 is 58.1 Å². The number of benzene rings is 3. The van der Waals surface area contributed by atoms with Gasteiger partial charge in [0.1, 0.15) is 29.8 Å². The lowest BCUT2D eigenvalue weighted by Gasteiger charge is -2.22. The van der Waals surface area contributed by atoms with Gasteiger partial charge in [0.25, 0.3) is 0 Å². The van der Waals surface area contributed by atoms with Gasteiger partial charge in [0.2, 0.25) is 0 Å². The number of phenols is 3. The summed E-state index contributed by atoms with van der Waals surface area (Å²) in [7, 11) is 0. The Kier molecular flexibility index (Phi) is 9.05. The third-order valence-electron chi connectivity index (χ3n) is 7.80. The van der Waals surface area contributed by atoms with Crippen LogP contribution in [0.25, 0.3) is 22.3 Å². The minimum absolute atomic E-state index is 0.0723. The van der Waals surface area contributed by atoms with Crippen molar-refractivity contribution in [1.82, 2.24) is 0 Å². The summed E-state index contributed by atoms with van der Waals surface area (Å²) in [6.07, 6.45) is 6.84. The molecule has 0 spiro atoms. The van der Waals surface area contributed by atoms with Crippen molar-refractivity contribution in [3.05, 3.63) is 85.0 Å². The first-order chi connectivity index (χ1) is 23.0. The van der Waals surface area contributed by atoms with Gasteiger partial charge in [0.15, 0.2) is 23.0 Å². The summed E-state index contributed by atoms with van der Waals surface area (Å²) in [5.41, 5.74) is 0.0866. The number of rotatable bonds is 11. The molecule has 3 saturated heterocycles. The lowest BCUT2D eigenvalue weighted by Crippen LogP contribution is -2.13. The lowest BCUT2D eigenvalue weighted by molar-refractivity contribution is -0.131. The maximum absolute atomic E-state index is 13.3. The molecule has 3 aliphatic rings. The van der Waals surface area contributed by atoms with E-state index >= 15 is 0 Å². The molecule has 6 atom stereocenters. The van der Waals surface area contributed by atoms with Crippen LogP contribution in [0.5, 0.6) is 34.5 Å². The van der Waals surface area contributed by atoms with Gasteiger partial charge in [-0.2, -0.15) is 0 Å². The van der Waals surface area contributed by atoms with Crippen LogP contribution in [-0.4, -0.2) is 69.9 Å². The van der Waals surface area contributed by atoms with Crippen LogP contribution >= 0.6 is 0 Å². The van der Waals surface area contributed by atoms with Crippen LogP contribution in [0, 0.1) is 0 Å². The number of aromatic hydroxyl groups is 3. The molecule has 3 aliphatic heterocycles. The Labute approximate surface area is 275 Å². The second-order valence-electron chi connectivity index (χ2n) is 11.4. The van der Waals surface area contributed by atoms with Crippen LogP contribution in [-0.2, 0) is 28.6 Å². The summed E-state index contributed by atoms with van der Waals surface area (Å²) >= 11 is 0. The van der Waals surface area contributed by atoms with Crippen LogP contribution < -0.4 is 14.2 Å². The van der Waals surface area contributed by atoms with Gasteiger partial charge < -0.3 is 43.7 Å². The number of epoxide rings is 3. The number of hydrogen-bond donors (Lipinski definition) is 3. The van der Waals surface area contributed by atoms with Crippen molar-refractivity contribution in [3.8, 4) is 56.8 Å². The summed E-state index contributed by atoms with van der Waals surface area (Å²) in [6, 6.07) is 11.0. The molecule has 0 unspecified atom stereocenters. The average Bonchev–Trinajstić information content (AvgIpc) is 4.01. The van der Waals surface area contributed by atoms with Crippen molar-refractivity contribution in [2.24, 2.45) is 0 Å². The predicted molar refractivity (Wildman–Crippen MR) is 170 cm³/mol. The van der Waals surface area contributed by atoms with Crippen LogP contribution in [0.2, 0.25) is 0 Å². The number of carbonyl (C=O) groups excluding carboxylic acids is 3. The lowest BCUT2D eigenvalue weighted by atomic mass is 9.95. The molecule has 0 bridgehead atoms. The fourth-order valence-corrected chi connectivity index (χ4v) is 4.89. The van der Waals surface area contributed by atoms with Gasteiger partial charge in [-0.1, -0.05) is 24.3 Å². The van der Waals surface area contributed by atoms with Gasteiger partial charge in [0.05, 0.1) is 29.4 Å². The zero-order chi connectivity index (χ0) is 34.1. The fourth-order valence-electron chi connectivity index (χ4n) is 4.89. The standard InChI is InChI=1S/C36H32O12/c1-18-25(43-18)12-15-28(39)46-34-32(22-6-10-24(38)11-7-22)36(48-30(41)17-14-27-20(3)45-27)35(47-29(40)16-13-26-19(2)44-26)31(33(34)42)21-4-8-23(37)9-5-21/h4-20,25-27,37-38,42H,1-3H3/t18-,19-,20-,25-,26-,27-/m0/s1. The molecule has 48 heavy (non-hydrogen) atoms. The van der Waals surface area contributed by atoms with E-state index in [1.165, 1.54) is 66.8 Å². The smallest absolute Gasteiger partial charge is 0.336 e. The van der Waals surface area contributed by atoms with Crippen LogP contribution in [0.15, 0.2) is 85.0 Å². The average molecular weight is 657 g/mol. The van der Waals surface area contributed by atoms with E-state index in [4.69, 9.17) is 28.4 Å². The summed E-state index contributed by atoms with van der Waals surface area (Å²) in [5, 5.41) is 31.9. The Morgan fingerprint density at radius 1 is 0.542 bits per heavy atom. The molecule has 12 heteroatoms. The first-order valence-corrected chi connectivity index (χ1v) is 15.2. The number of ether oxygens (including phenoxy) is 6. The molecule has 3 heterocycles. The number of phenolic OH excluding ortho intramolecular Hbond substituents is 3. The second kappa shape index (κ2) is 13.4. The largest absolute Gasteiger partial charge is 0.508 e. The van der Waals surface area contributed by atoms with Crippen LogP contribution in [0.1, 0.15) is 20.8 Å². The van der Waals surface area contributed by atoms with Gasteiger partial charge >= 0.3 is 17.9 Å². The third kappa shape index (κ3) is 7.58. The Morgan fingerprint density at radius 3 is 1.21 bits per heavy atom. The summed E-state index contributed by atoms with van der Waals surface area (Å²) < 4.78 is 33.4. The Morgan fingerprint density at radius 2 is 0.854 bits per heavy atom. The molecule has 6 rings (SSSR count). The third-order valence-corrected chi connectivity index (χ3v) is 7.80. The predicted octanol–water partition coefficient (Wildman–Crippen LogP) is 4.88. The minimum atomic E-state index is -0.898. The van der Waals surface area contributed by atoms with E-state index in [9.17, 15) is 29.7 Å². The topological polar surface area (TPSA) is 177 Å². The molecule has 0 aromatic heterocycles. The van der Waals surface area contributed by atoms with E-state index < -0.39 is 35.2 Å². The molecular formula is C36H32O12. The maximum Gasteiger partial charge on any atom is 0.336 e. The molecule has 0 radical (unpaired) electrons. The highest BCUT2D eigenvalue weighted by atomic mass is 16.6. The van der Waals surface area contributed by atoms with Gasteiger partial charge in [0, 0.05) is 18.2 Å². The second-order valence-corrected chi connectivity index (χ2v) is 11.4. The van der Waals surface area contributed by atoms with E-state index in [0.717, 1.165) is 18.2 Å². The SMILES string of the molecule is C[C@@H]1O[C@H]1C=CC(=O)Oc1c(OC(=O)C=C[C@@H]2O[C@H]2C)c(-c2ccc(O)cc2)c(OC(=O)C=C[C@@H]2O[C@H]2C)c(O)c1-c1ccc(O)cc1. The highest BCUT2D eigenvalue weighted by molar-refractivity contribution is 6.00. The first kappa shape index (κ1) is 32.5. The number of hydrogen-bond acceptors (Lipinski definition) is 12. The quantitative estimate of drug-likeness (QED) is 0.110. The summed E-state index contributed by atoms with van der Waals surface area (Å²) in [6.45, 7) is 5.49. The fraction of sp³-hybridized carbons (Fsp3) is 0.250. The minimum Gasteiger partial charge on any atom is -0.508 e. The zero-order valence-corrected chi connectivity index (χ0v) is 26.1. The molecule has 0 saturated carbocycles. The molecule has 3 aromatic rings. The molecule has 3 aromatic carbocycles. The Balaban J connectivity index is 1.55. The normalized spacial score (nSPS) is 24.1. The molecule has 3 N–H and O–H groups in total. The van der Waals surface area contributed by atoms with Crippen molar-refractivity contribution in [2.75, 3.05) is 0 Å². The van der Waals surface area contributed by atoms with Gasteiger partial charge in [-0.05, 0) is 74.4 Å². The zero-order valence-electron chi connectivity index (χ0n) is 26.1. The maximum atomic E-state index is 13.3. The first-order valence-electron chi connectivity index (χ1n) is 15.2. The van der Waals surface area contributed by atoms with E-state index in [-0.39, 0.29) is 76.1 Å². The number of carbonyl (C=O) groups is 3. The highest BCUT2D eigenvalue weighted by Crippen LogP contribution is 2.57. The van der Waals surface area contributed by atoms with E-state index in [0.29, 0.717) is 0 Å². The molecule has 12 nitrogen and oxygen atoms in total. The Hall–Kier alpha value is -5.43. The monoisotopic (exact) mass is 656 g/mol. The van der Waals surface area contributed by atoms with Crippen molar-refractivity contribution in [2.45, 2.75) is 57.4 Å². The number of esters is 3. The summed E-state index contributed by atoms with van der Waals surface area (Å²) in [4.78, 5) is 39.7. The van der Waals surface area contributed by atoms with Gasteiger partial charge in [-0.15, -0.1) is 0 Å². The van der Waals surface area contributed by atoms with Crippen molar-refractivity contribution in [3.63, 3.8) is 0 Å². The highest BCUT2D eigenvalue weighted by Gasteiger charge is 2.35. The van der Waals surface area contributed by atoms with Crippen molar-refractivity contribution in [1.29, 1.82) is 0 Å². The Bertz CT molecular complexity index is 1820. The van der Waals surface area contributed by atoms with Crippen LogP contribution in [0.3, 0.4) is 0 Å². The van der Waals surface area contributed by atoms with Gasteiger partial charge in [-0.3, -0.25) is 0 Å². The van der Waals surface area contributed by atoms with E-state index in [2.05, 4.69) is 0 Å². The molecule has 248 valence electrons. The van der Waals surface area contributed by atoms with Crippen molar-refractivity contribution >= 4 is 17.9 Å². The van der Waals surface area contributed by atoms with Crippen LogP contribution in [0.4, 0.5) is 0 Å². The summed E-state index contributed by atoms with van der Waals surface area (Å²) in [5.74, 6) is -4.75. The molecule has 0 amide bonds. The van der Waals surface area contributed by atoms with E-state index in [1.807, 2.05) is 20.8 Å². The van der Waals surface area contributed by atoms with Gasteiger partial charge in [-0.25, -0.2) is 14.4 Å². The van der Waals surface area contributed by atoms with E-state index in [1.54, 1.807) is 0 Å².